The first-order chi connectivity index (χ1) is 6.50. The van der Waals surface area contributed by atoms with Gasteiger partial charge in [0.1, 0.15) is 0 Å². The zero-order valence-corrected chi connectivity index (χ0v) is 13.3. The van der Waals surface area contributed by atoms with Crippen molar-refractivity contribution in [2.45, 2.75) is 11.0 Å². The van der Waals surface area contributed by atoms with E-state index in [0.717, 1.165) is 0 Å². The van der Waals surface area contributed by atoms with Crippen LogP contribution in [-0.4, -0.2) is 85.8 Å². The SMILES string of the molecule is O=S(=O)([O-])C(F)(F)F.O=S(=O)([O-])C(F)(F)F.[Ba+2]. The molecular formula is C2BaF6O6S2. The minimum Gasteiger partial charge on any atom is -0.741 e. The van der Waals surface area contributed by atoms with Crippen molar-refractivity contribution >= 4 is 69.1 Å². The van der Waals surface area contributed by atoms with E-state index >= 15 is 0 Å². The molecule has 0 spiro atoms. The fourth-order valence-electron chi connectivity index (χ4n) is 0. The minimum atomic E-state index is -6.09. The summed E-state index contributed by atoms with van der Waals surface area (Å²) >= 11 is 0. The van der Waals surface area contributed by atoms with E-state index in [0.29, 0.717) is 0 Å². The van der Waals surface area contributed by atoms with E-state index in [1.54, 1.807) is 0 Å². The first-order valence-electron chi connectivity index (χ1n) is 2.54. The molecular weight excluding hydrogens is 435 g/mol. The van der Waals surface area contributed by atoms with Crippen molar-refractivity contribution in [3.63, 3.8) is 0 Å². The Morgan fingerprint density at radius 2 is 0.706 bits per heavy atom. The van der Waals surface area contributed by atoms with Crippen LogP contribution >= 0.6 is 0 Å². The van der Waals surface area contributed by atoms with Crippen molar-refractivity contribution in [2.75, 3.05) is 0 Å². The van der Waals surface area contributed by atoms with Gasteiger partial charge in [-0.1, -0.05) is 0 Å². The van der Waals surface area contributed by atoms with Gasteiger partial charge in [-0.25, -0.2) is 16.8 Å². The predicted octanol–water partition coefficient (Wildman–Crippen LogP) is -0.278. The molecule has 0 rings (SSSR count). The molecule has 0 unspecified atom stereocenters. The quantitative estimate of drug-likeness (QED) is 0.224. The largest absolute Gasteiger partial charge is 2.00 e. The Kier molecular flexibility index (Phi) is 9.43. The predicted molar refractivity (Wildman–Crippen MR) is 37.3 cm³/mol. The normalized spacial score (nSPS) is 13.2. The van der Waals surface area contributed by atoms with E-state index in [1.807, 2.05) is 0 Å². The van der Waals surface area contributed by atoms with Gasteiger partial charge in [-0.05, 0) is 0 Å². The van der Waals surface area contributed by atoms with E-state index in [9.17, 15) is 26.3 Å². The van der Waals surface area contributed by atoms with Crippen LogP contribution in [0, 0.1) is 0 Å². The van der Waals surface area contributed by atoms with Gasteiger partial charge in [-0.3, -0.25) is 0 Å². The summed E-state index contributed by atoms with van der Waals surface area (Å²) in [6, 6.07) is 0. The molecule has 0 aliphatic carbocycles. The number of rotatable bonds is 0. The van der Waals surface area contributed by atoms with Crippen LogP contribution in [0.3, 0.4) is 0 Å². The molecule has 15 heteroatoms. The molecule has 0 saturated carbocycles. The molecule has 0 aromatic carbocycles. The number of alkyl halides is 6. The van der Waals surface area contributed by atoms with Gasteiger partial charge in [0.25, 0.3) is 0 Å². The molecule has 0 radical (unpaired) electrons. The van der Waals surface area contributed by atoms with Crippen LogP contribution in [0.2, 0.25) is 0 Å². The maximum Gasteiger partial charge on any atom is 2.00 e. The summed E-state index contributed by atoms with van der Waals surface area (Å²) < 4.78 is 118. The van der Waals surface area contributed by atoms with Crippen LogP contribution < -0.4 is 0 Å². The molecule has 0 aliphatic heterocycles. The molecule has 0 aromatic rings. The second kappa shape index (κ2) is 6.94. The molecule has 17 heavy (non-hydrogen) atoms. The second-order valence-corrected chi connectivity index (χ2v) is 4.54. The molecule has 0 aromatic heterocycles. The van der Waals surface area contributed by atoms with Crippen molar-refractivity contribution < 1.29 is 52.3 Å². The van der Waals surface area contributed by atoms with Gasteiger partial charge < -0.3 is 9.11 Å². The third-order valence-corrected chi connectivity index (χ3v) is 1.70. The van der Waals surface area contributed by atoms with Gasteiger partial charge in [0.05, 0.1) is 0 Å². The Labute approximate surface area is 131 Å². The average molecular weight is 435 g/mol. The zero-order chi connectivity index (χ0) is 14.0. The van der Waals surface area contributed by atoms with E-state index < -0.39 is 31.3 Å². The summed E-state index contributed by atoms with van der Waals surface area (Å²) in [6.45, 7) is 0. The fourth-order valence-corrected chi connectivity index (χ4v) is 0. The standard InChI is InChI=1S/2CHF3O3S.Ba/c2*2-1(3,4)8(5,6)7;/h2*(H,5,6,7);/q;;+2/p-2. The summed E-state index contributed by atoms with van der Waals surface area (Å²) in [5, 5.41) is 0. The summed E-state index contributed by atoms with van der Waals surface area (Å²) in [5.41, 5.74) is -11.3. The summed E-state index contributed by atoms with van der Waals surface area (Å²) in [6.07, 6.45) is 0. The topological polar surface area (TPSA) is 114 Å². The second-order valence-electron chi connectivity index (χ2n) is 1.80. The Morgan fingerprint density at radius 1 is 0.647 bits per heavy atom. The van der Waals surface area contributed by atoms with Crippen LogP contribution in [0.1, 0.15) is 0 Å². The molecule has 0 saturated heterocycles. The van der Waals surface area contributed by atoms with Gasteiger partial charge >= 0.3 is 59.9 Å². The summed E-state index contributed by atoms with van der Waals surface area (Å²) in [4.78, 5) is 0. The van der Waals surface area contributed by atoms with Gasteiger partial charge in [0.15, 0.2) is 20.2 Å². The maximum atomic E-state index is 10.7. The molecule has 0 N–H and O–H groups in total. The minimum absolute atomic E-state index is 0. The maximum absolute atomic E-state index is 10.7. The first-order valence-corrected chi connectivity index (χ1v) is 5.36. The van der Waals surface area contributed by atoms with E-state index in [-0.39, 0.29) is 48.9 Å². The van der Waals surface area contributed by atoms with Crippen molar-refractivity contribution in [1.29, 1.82) is 0 Å². The third-order valence-electron chi connectivity index (χ3n) is 0.567. The fraction of sp³-hybridized carbons (Fsp3) is 1.00. The zero-order valence-electron chi connectivity index (χ0n) is 7.24. The number of halogens is 6. The van der Waals surface area contributed by atoms with Gasteiger partial charge in [0.2, 0.25) is 0 Å². The molecule has 6 nitrogen and oxygen atoms in total. The molecule has 0 atom stereocenters. The molecule has 0 fully saturated rings. The van der Waals surface area contributed by atoms with Crippen molar-refractivity contribution in [2.24, 2.45) is 0 Å². The van der Waals surface area contributed by atoms with Crippen molar-refractivity contribution in [1.82, 2.24) is 0 Å². The van der Waals surface area contributed by atoms with Crippen LogP contribution in [0.15, 0.2) is 0 Å². The van der Waals surface area contributed by atoms with E-state index in [4.69, 9.17) is 25.9 Å². The summed E-state index contributed by atoms with van der Waals surface area (Å²) in [5.74, 6) is 0. The molecule has 0 bridgehead atoms. The van der Waals surface area contributed by atoms with Gasteiger partial charge in [-0.2, -0.15) is 26.3 Å². The Balaban J connectivity index is -0.000000218. The molecule has 100 valence electrons. The summed E-state index contributed by atoms with van der Waals surface area (Å²) in [7, 11) is -12.2. The van der Waals surface area contributed by atoms with Crippen LogP contribution in [-0.2, 0) is 20.2 Å². The third kappa shape index (κ3) is 10.6. The average Bonchev–Trinajstić information content (AvgIpc) is 1.77. The molecule has 0 aliphatic rings. The Hall–Kier alpha value is 0.971. The van der Waals surface area contributed by atoms with Crippen LogP contribution in [0.25, 0.3) is 0 Å². The number of hydrogen-bond acceptors (Lipinski definition) is 6. The van der Waals surface area contributed by atoms with Crippen LogP contribution in [0.4, 0.5) is 26.3 Å². The Morgan fingerprint density at radius 3 is 0.706 bits per heavy atom. The van der Waals surface area contributed by atoms with Gasteiger partial charge in [0, 0.05) is 0 Å². The Bertz CT molecular complexity index is 374. The molecule has 0 amide bonds. The van der Waals surface area contributed by atoms with E-state index in [1.165, 1.54) is 0 Å². The van der Waals surface area contributed by atoms with Gasteiger partial charge in [-0.15, -0.1) is 0 Å². The van der Waals surface area contributed by atoms with Crippen LogP contribution in [0.5, 0.6) is 0 Å². The van der Waals surface area contributed by atoms with Crippen molar-refractivity contribution in [3.05, 3.63) is 0 Å². The first kappa shape index (κ1) is 23.1. The van der Waals surface area contributed by atoms with E-state index in [2.05, 4.69) is 0 Å². The smallest absolute Gasteiger partial charge is 0.741 e. The monoisotopic (exact) mass is 436 g/mol. The van der Waals surface area contributed by atoms with Crippen molar-refractivity contribution in [3.8, 4) is 0 Å². The number of hydrogen-bond donors (Lipinski definition) is 0. The molecule has 0 heterocycles.